The van der Waals surface area contributed by atoms with Crippen molar-refractivity contribution in [3.8, 4) is 5.75 Å². The standard InChI is InChI=1S/C18H18ClNO3/c1-2-23-14-9-7-13(8-10-14)17(21)11-12-18(22)20-16-6-4-3-5-15(16)19/h3-10H,2,11-12H2,1H3,(H,20,22). The molecule has 1 amide bonds. The van der Waals surface area contributed by atoms with Crippen molar-refractivity contribution < 1.29 is 14.3 Å². The van der Waals surface area contributed by atoms with Gasteiger partial charge in [0.2, 0.25) is 5.91 Å². The molecule has 0 bridgehead atoms. The van der Waals surface area contributed by atoms with Crippen LogP contribution in [-0.4, -0.2) is 18.3 Å². The van der Waals surface area contributed by atoms with Crippen LogP contribution in [0.1, 0.15) is 30.1 Å². The zero-order chi connectivity index (χ0) is 16.7. The molecule has 0 unspecified atom stereocenters. The summed E-state index contributed by atoms with van der Waals surface area (Å²) >= 11 is 5.97. The van der Waals surface area contributed by atoms with Crippen LogP contribution in [0.3, 0.4) is 0 Å². The second-order valence-corrected chi connectivity index (χ2v) is 5.32. The summed E-state index contributed by atoms with van der Waals surface area (Å²) in [5.74, 6) is 0.403. The molecule has 0 aliphatic heterocycles. The van der Waals surface area contributed by atoms with E-state index in [0.717, 1.165) is 5.75 Å². The van der Waals surface area contributed by atoms with Crippen LogP contribution in [0.2, 0.25) is 5.02 Å². The molecule has 4 nitrogen and oxygen atoms in total. The topological polar surface area (TPSA) is 55.4 Å². The Bertz CT molecular complexity index is 683. The molecule has 0 heterocycles. The zero-order valence-corrected chi connectivity index (χ0v) is 13.6. The molecular weight excluding hydrogens is 314 g/mol. The van der Waals surface area contributed by atoms with E-state index < -0.39 is 0 Å². The number of halogens is 1. The molecule has 0 saturated heterocycles. The molecule has 5 heteroatoms. The first-order chi connectivity index (χ1) is 11.1. The molecule has 0 aliphatic rings. The Morgan fingerprint density at radius 1 is 1.04 bits per heavy atom. The van der Waals surface area contributed by atoms with Gasteiger partial charge in [0.05, 0.1) is 17.3 Å². The highest BCUT2D eigenvalue weighted by atomic mass is 35.5. The summed E-state index contributed by atoms with van der Waals surface area (Å²) in [4.78, 5) is 24.0. The number of carbonyl (C=O) groups excluding carboxylic acids is 2. The predicted molar refractivity (Wildman–Crippen MR) is 91.3 cm³/mol. The zero-order valence-electron chi connectivity index (χ0n) is 12.8. The summed E-state index contributed by atoms with van der Waals surface area (Å²) < 4.78 is 5.33. The van der Waals surface area contributed by atoms with Gasteiger partial charge in [0, 0.05) is 18.4 Å². The Morgan fingerprint density at radius 2 is 1.74 bits per heavy atom. The average Bonchev–Trinajstić information content (AvgIpc) is 2.56. The predicted octanol–water partition coefficient (Wildman–Crippen LogP) is 4.34. The lowest BCUT2D eigenvalue weighted by molar-refractivity contribution is -0.116. The van der Waals surface area contributed by atoms with Gasteiger partial charge in [-0.2, -0.15) is 0 Å². The Kier molecular flexibility index (Phi) is 6.18. The van der Waals surface area contributed by atoms with E-state index in [0.29, 0.717) is 22.9 Å². The number of Topliss-reactive ketones (excluding diaryl/α,β-unsaturated/α-hetero) is 1. The minimum absolute atomic E-state index is 0.0812. The van der Waals surface area contributed by atoms with Crippen LogP contribution in [0.15, 0.2) is 48.5 Å². The van der Waals surface area contributed by atoms with Crippen molar-refractivity contribution in [2.75, 3.05) is 11.9 Å². The van der Waals surface area contributed by atoms with Crippen LogP contribution in [-0.2, 0) is 4.79 Å². The molecule has 0 aliphatic carbocycles. The van der Waals surface area contributed by atoms with E-state index in [1.54, 1.807) is 48.5 Å². The van der Waals surface area contributed by atoms with Gasteiger partial charge < -0.3 is 10.1 Å². The summed E-state index contributed by atoms with van der Waals surface area (Å²) in [6, 6.07) is 13.9. The molecule has 0 radical (unpaired) electrons. The van der Waals surface area contributed by atoms with Gasteiger partial charge in [-0.15, -0.1) is 0 Å². The Hall–Kier alpha value is -2.33. The molecule has 1 N–H and O–H groups in total. The van der Waals surface area contributed by atoms with Crippen molar-refractivity contribution in [2.45, 2.75) is 19.8 Å². The maximum absolute atomic E-state index is 12.1. The summed E-state index contributed by atoms with van der Waals surface area (Å²) in [5, 5.41) is 3.17. The number of ketones is 1. The van der Waals surface area contributed by atoms with Crippen molar-refractivity contribution in [3.63, 3.8) is 0 Å². The van der Waals surface area contributed by atoms with E-state index in [4.69, 9.17) is 16.3 Å². The minimum atomic E-state index is -0.239. The number of ether oxygens (including phenoxy) is 1. The van der Waals surface area contributed by atoms with Crippen LogP contribution in [0, 0.1) is 0 Å². The molecule has 0 atom stereocenters. The van der Waals surface area contributed by atoms with Gasteiger partial charge in [-0.3, -0.25) is 9.59 Å². The number of hydrogen-bond donors (Lipinski definition) is 1. The second kappa shape index (κ2) is 8.34. The summed E-state index contributed by atoms with van der Waals surface area (Å²) in [7, 11) is 0. The lowest BCUT2D eigenvalue weighted by atomic mass is 10.1. The molecule has 2 aromatic carbocycles. The maximum atomic E-state index is 12.1. The first-order valence-electron chi connectivity index (χ1n) is 7.40. The fourth-order valence-electron chi connectivity index (χ4n) is 2.05. The fraction of sp³-hybridized carbons (Fsp3) is 0.222. The Labute approximate surface area is 140 Å². The monoisotopic (exact) mass is 331 g/mol. The van der Waals surface area contributed by atoms with Crippen molar-refractivity contribution in [3.05, 3.63) is 59.1 Å². The molecule has 23 heavy (non-hydrogen) atoms. The second-order valence-electron chi connectivity index (χ2n) is 4.91. The lowest BCUT2D eigenvalue weighted by Gasteiger charge is -2.07. The van der Waals surface area contributed by atoms with Crippen LogP contribution >= 0.6 is 11.6 Å². The summed E-state index contributed by atoms with van der Waals surface area (Å²) in [6.07, 6.45) is 0.252. The van der Waals surface area contributed by atoms with Gasteiger partial charge in [-0.05, 0) is 43.3 Å². The number of hydrogen-bond acceptors (Lipinski definition) is 3. The van der Waals surface area contributed by atoms with Crippen molar-refractivity contribution >= 4 is 29.0 Å². The maximum Gasteiger partial charge on any atom is 0.224 e. The molecule has 0 aromatic heterocycles. The molecule has 2 rings (SSSR count). The third-order valence-electron chi connectivity index (χ3n) is 3.21. The van der Waals surface area contributed by atoms with Gasteiger partial charge in [0.25, 0.3) is 0 Å². The van der Waals surface area contributed by atoms with Crippen molar-refractivity contribution in [1.82, 2.24) is 0 Å². The number of amides is 1. The van der Waals surface area contributed by atoms with E-state index in [1.807, 2.05) is 6.92 Å². The molecule has 120 valence electrons. The van der Waals surface area contributed by atoms with Gasteiger partial charge in [0.1, 0.15) is 5.75 Å². The molecule has 0 fully saturated rings. The van der Waals surface area contributed by atoms with Crippen LogP contribution in [0.5, 0.6) is 5.75 Å². The summed E-state index contributed by atoms with van der Waals surface area (Å²) in [5.41, 5.74) is 1.12. The molecule has 2 aromatic rings. The van der Waals surface area contributed by atoms with Gasteiger partial charge in [-0.1, -0.05) is 23.7 Å². The Morgan fingerprint density at radius 3 is 2.39 bits per heavy atom. The van der Waals surface area contributed by atoms with Gasteiger partial charge in [-0.25, -0.2) is 0 Å². The SMILES string of the molecule is CCOc1ccc(C(=O)CCC(=O)Nc2ccccc2Cl)cc1. The highest BCUT2D eigenvalue weighted by Crippen LogP contribution is 2.21. The van der Waals surface area contributed by atoms with Crippen LogP contribution in [0.4, 0.5) is 5.69 Å². The van der Waals surface area contributed by atoms with Crippen molar-refractivity contribution in [2.24, 2.45) is 0 Å². The van der Waals surface area contributed by atoms with E-state index in [1.165, 1.54) is 0 Å². The van der Waals surface area contributed by atoms with Crippen molar-refractivity contribution in [1.29, 1.82) is 0 Å². The first kappa shape index (κ1) is 17.0. The third kappa shape index (κ3) is 5.11. The molecular formula is C18H18ClNO3. The lowest BCUT2D eigenvalue weighted by Crippen LogP contribution is -2.13. The third-order valence-corrected chi connectivity index (χ3v) is 3.54. The van der Waals surface area contributed by atoms with E-state index in [-0.39, 0.29) is 24.5 Å². The highest BCUT2D eigenvalue weighted by Gasteiger charge is 2.10. The Balaban J connectivity index is 1.86. The summed E-state index contributed by atoms with van der Waals surface area (Å²) in [6.45, 7) is 2.48. The number of anilines is 1. The van der Waals surface area contributed by atoms with Gasteiger partial charge >= 0.3 is 0 Å². The minimum Gasteiger partial charge on any atom is -0.494 e. The number of nitrogens with one attached hydrogen (secondary N) is 1. The molecule has 0 saturated carbocycles. The first-order valence-corrected chi connectivity index (χ1v) is 7.78. The smallest absolute Gasteiger partial charge is 0.224 e. The largest absolute Gasteiger partial charge is 0.494 e. The van der Waals surface area contributed by atoms with Crippen LogP contribution in [0.25, 0.3) is 0 Å². The van der Waals surface area contributed by atoms with E-state index in [9.17, 15) is 9.59 Å². The quantitative estimate of drug-likeness (QED) is 0.768. The average molecular weight is 332 g/mol. The van der Waals surface area contributed by atoms with E-state index >= 15 is 0 Å². The highest BCUT2D eigenvalue weighted by molar-refractivity contribution is 6.33. The van der Waals surface area contributed by atoms with E-state index in [2.05, 4.69) is 5.32 Å². The van der Waals surface area contributed by atoms with Crippen LogP contribution < -0.4 is 10.1 Å². The fourth-order valence-corrected chi connectivity index (χ4v) is 2.23. The van der Waals surface area contributed by atoms with Gasteiger partial charge in [0.15, 0.2) is 5.78 Å². The number of para-hydroxylation sites is 1. The normalized spacial score (nSPS) is 10.2. The number of carbonyl (C=O) groups is 2. The number of benzene rings is 2. The molecule has 0 spiro atoms. The number of rotatable bonds is 7.